The van der Waals surface area contributed by atoms with Crippen molar-refractivity contribution < 1.29 is 23.9 Å². The van der Waals surface area contributed by atoms with Crippen LogP contribution in [0.5, 0.6) is 5.75 Å². The zero-order valence-electron chi connectivity index (χ0n) is 20.7. The zero-order chi connectivity index (χ0) is 25.4. The summed E-state index contributed by atoms with van der Waals surface area (Å²) in [5.74, 6) is -0.896. The van der Waals surface area contributed by atoms with Crippen molar-refractivity contribution in [3.8, 4) is 5.75 Å². The van der Waals surface area contributed by atoms with E-state index in [2.05, 4.69) is 6.07 Å². The van der Waals surface area contributed by atoms with Crippen LogP contribution in [0.4, 0.5) is 5.69 Å². The molecule has 2 aromatic carbocycles. The Morgan fingerprint density at radius 1 is 1.11 bits per heavy atom. The summed E-state index contributed by atoms with van der Waals surface area (Å²) in [6.07, 6.45) is 0. The number of ether oxygens (including phenoxy) is 2. The lowest BCUT2D eigenvalue weighted by Gasteiger charge is -2.55. The van der Waals surface area contributed by atoms with E-state index < -0.39 is 22.8 Å². The van der Waals surface area contributed by atoms with E-state index in [4.69, 9.17) is 15.2 Å². The average molecular weight is 479 g/mol. The number of hydrogen-bond acceptors (Lipinski definition) is 5. The molecule has 35 heavy (non-hydrogen) atoms. The average Bonchev–Trinajstić information content (AvgIpc) is 2.82. The fourth-order valence-corrected chi connectivity index (χ4v) is 5.81. The number of anilines is 1. The van der Waals surface area contributed by atoms with Crippen molar-refractivity contribution in [2.45, 2.75) is 38.6 Å². The Morgan fingerprint density at radius 3 is 2.37 bits per heavy atom. The van der Waals surface area contributed by atoms with Gasteiger partial charge in [-0.25, -0.2) is 0 Å². The van der Waals surface area contributed by atoms with Crippen LogP contribution >= 0.6 is 0 Å². The first-order valence-electron chi connectivity index (χ1n) is 11.8. The molecule has 2 N–H and O–H groups in total. The monoisotopic (exact) mass is 478 g/mol. The summed E-state index contributed by atoms with van der Waals surface area (Å²) < 4.78 is 11.0. The lowest BCUT2D eigenvalue weighted by atomic mass is 9.57. The maximum atomic E-state index is 12.9. The minimum Gasteiger partial charge on any atom is -0.484 e. The second-order valence-corrected chi connectivity index (χ2v) is 9.80. The predicted molar refractivity (Wildman–Crippen MR) is 131 cm³/mol. The molecule has 2 aliphatic heterocycles. The van der Waals surface area contributed by atoms with E-state index in [0.717, 1.165) is 16.8 Å². The van der Waals surface area contributed by atoms with Gasteiger partial charge in [0.05, 0.1) is 24.7 Å². The quantitative estimate of drug-likeness (QED) is 0.710. The first-order chi connectivity index (χ1) is 16.6. The van der Waals surface area contributed by atoms with Gasteiger partial charge >= 0.3 is 0 Å². The van der Waals surface area contributed by atoms with Crippen molar-refractivity contribution in [1.82, 2.24) is 4.90 Å². The fourth-order valence-electron chi connectivity index (χ4n) is 5.81. The summed E-state index contributed by atoms with van der Waals surface area (Å²) in [5.41, 5.74) is 6.68. The number of morpholine rings is 1. The van der Waals surface area contributed by atoms with Crippen LogP contribution in [0.15, 0.2) is 42.5 Å². The number of hydrogen-bond donors (Lipinski definition) is 1. The van der Waals surface area contributed by atoms with E-state index in [-0.39, 0.29) is 18.4 Å². The Bertz CT molecular complexity index is 1120. The highest BCUT2D eigenvalue weighted by atomic mass is 16.5. The Kier molecular flexibility index (Phi) is 6.60. The standard InChI is InChI=1S/C27H32N3O5/c1-18(31)30-22-8-6-5-7-21(22)27(4,24(25(28)33)26(30,2)3)19-9-11-20(12-10-19)35-17-23(32)29-13-15-34-16-14-29/h6-12,24H,13-17H2,1-4H3,(H2,28,33). The summed E-state index contributed by atoms with van der Waals surface area (Å²) in [6, 6.07) is 15.9. The van der Waals surface area contributed by atoms with E-state index in [1.165, 1.54) is 6.92 Å². The predicted octanol–water partition coefficient (Wildman–Crippen LogP) is 2.28. The number of rotatable bonds is 5. The van der Waals surface area contributed by atoms with E-state index in [0.29, 0.717) is 32.1 Å². The third-order valence-electron chi connectivity index (χ3n) is 7.28. The minimum absolute atomic E-state index is 0.0566. The highest BCUT2D eigenvalue weighted by Crippen LogP contribution is 2.54. The third kappa shape index (κ3) is 4.27. The number of benzene rings is 2. The number of carbonyl (C=O) groups is 3. The molecule has 8 nitrogen and oxygen atoms in total. The van der Waals surface area contributed by atoms with Gasteiger partial charge in [0.1, 0.15) is 5.75 Å². The van der Waals surface area contributed by atoms with Gasteiger partial charge in [-0.1, -0.05) is 25.1 Å². The van der Waals surface area contributed by atoms with Crippen molar-refractivity contribution in [1.29, 1.82) is 0 Å². The van der Waals surface area contributed by atoms with Crippen LogP contribution in [0, 0.1) is 12.0 Å². The van der Waals surface area contributed by atoms with Crippen LogP contribution in [0.1, 0.15) is 38.8 Å². The molecule has 1 radical (unpaired) electrons. The second kappa shape index (κ2) is 9.34. The molecule has 2 aliphatic rings. The molecule has 0 bridgehead atoms. The number of carbonyl (C=O) groups excluding carboxylic acids is 3. The fraction of sp³-hybridized carbons (Fsp3) is 0.444. The number of fused-ring (bicyclic) bond motifs is 1. The van der Waals surface area contributed by atoms with Gasteiger partial charge in [0.15, 0.2) is 6.61 Å². The molecule has 2 heterocycles. The van der Waals surface area contributed by atoms with Crippen molar-refractivity contribution in [3.63, 3.8) is 0 Å². The first-order valence-corrected chi connectivity index (χ1v) is 11.8. The molecule has 2 unspecified atom stereocenters. The van der Waals surface area contributed by atoms with Crippen molar-refractivity contribution in [2.24, 2.45) is 11.7 Å². The van der Waals surface area contributed by atoms with Crippen LogP contribution in [0.25, 0.3) is 0 Å². The summed E-state index contributed by atoms with van der Waals surface area (Å²) in [5, 5.41) is 0. The Hall–Kier alpha value is -3.39. The lowest BCUT2D eigenvalue weighted by Crippen LogP contribution is -2.65. The first kappa shape index (κ1) is 24.7. The molecule has 0 aromatic heterocycles. The third-order valence-corrected chi connectivity index (χ3v) is 7.28. The lowest BCUT2D eigenvalue weighted by molar-refractivity contribution is -0.137. The molecule has 4 rings (SSSR count). The normalized spacial score (nSPS) is 23.4. The molecule has 3 amide bonds. The Labute approximate surface area is 206 Å². The maximum Gasteiger partial charge on any atom is 0.260 e. The maximum absolute atomic E-state index is 12.9. The van der Waals surface area contributed by atoms with Crippen molar-refractivity contribution >= 4 is 23.4 Å². The molecule has 0 spiro atoms. The molecule has 1 fully saturated rings. The molecule has 0 saturated carbocycles. The highest BCUT2D eigenvalue weighted by molar-refractivity contribution is 5.98. The van der Waals surface area contributed by atoms with Crippen LogP contribution in [-0.2, 0) is 24.5 Å². The number of nitrogens with two attached hydrogens (primary N) is 1. The van der Waals surface area contributed by atoms with Crippen molar-refractivity contribution in [2.75, 3.05) is 37.8 Å². The van der Waals surface area contributed by atoms with E-state index >= 15 is 0 Å². The molecule has 8 heteroatoms. The molecule has 1 saturated heterocycles. The topological polar surface area (TPSA) is 102 Å². The number of primary amides is 1. The summed E-state index contributed by atoms with van der Waals surface area (Å²) in [4.78, 5) is 41.4. The molecule has 185 valence electrons. The molecule has 0 aliphatic carbocycles. The smallest absolute Gasteiger partial charge is 0.260 e. The van der Waals surface area contributed by atoms with Crippen LogP contribution < -0.4 is 15.4 Å². The van der Waals surface area contributed by atoms with Crippen LogP contribution in [-0.4, -0.2) is 61.1 Å². The molecule has 2 atom stereocenters. The highest BCUT2D eigenvalue weighted by Gasteiger charge is 2.57. The number of nitrogens with zero attached hydrogens (tertiary/aromatic N) is 2. The Morgan fingerprint density at radius 2 is 1.77 bits per heavy atom. The molecule has 2 aromatic rings. The van der Waals surface area contributed by atoms with E-state index in [9.17, 15) is 14.4 Å². The van der Waals surface area contributed by atoms with Gasteiger partial charge in [0, 0.05) is 31.1 Å². The summed E-state index contributed by atoms with van der Waals surface area (Å²) >= 11 is 0. The van der Waals surface area contributed by atoms with E-state index in [1.807, 2.05) is 45.0 Å². The van der Waals surface area contributed by atoms with Gasteiger partial charge in [-0.3, -0.25) is 14.4 Å². The zero-order valence-corrected chi connectivity index (χ0v) is 20.7. The largest absolute Gasteiger partial charge is 0.484 e. The van der Waals surface area contributed by atoms with Gasteiger partial charge in [0.25, 0.3) is 5.91 Å². The molecular formula is C27H32N3O5. The molecular weight excluding hydrogens is 446 g/mol. The SMILES string of the molecule is CC(=O)N1c2cc[c]cc2C(C)(c2ccc(OCC(=O)N3CCOCC3)cc2)C(C(N)=O)C1(C)C. The van der Waals surface area contributed by atoms with Gasteiger partial charge < -0.3 is 25.0 Å². The summed E-state index contributed by atoms with van der Waals surface area (Å²) in [7, 11) is 0. The van der Waals surface area contributed by atoms with Gasteiger partial charge in [0.2, 0.25) is 11.8 Å². The Balaban J connectivity index is 1.67. The minimum atomic E-state index is -0.874. The van der Waals surface area contributed by atoms with Crippen molar-refractivity contribution in [3.05, 3.63) is 59.7 Å². The summed E-state index contributed by atoms with van der Waals surface area (Å²) in [6.45, 7) is 9.37. The van der Waals surface area contributed by atoms with Crippen LogP contribution in [0.2, 0.25) is 0 Å². The van der Waals surface area contributed by atoms with Gasteiger partial charge in [-0.05, 0) is 55.3 Å². The van der Waals surface area contributed by atoms with E-state index in [1.54, 1.807) is 28.0 Å². The van der Waals surface area contributed by atoms with Gasteiger partial charge in [-0.2, -0.15) is 0 Å². The van der Waals surface area contributed by atoms with Crippen LogP contribution in [0.3, 0.4) is 0 Å². The second-order valence-electron chi connectivity index (χ2n) is 9.80. The number of amides is 3. The van der Waals surface area contributed by atoms with Gasteiger partial charge in [-0.15, -0.1) is 0 Å².